The molecule has 0 saturated heterocycles. The first-order valence-electron chi connectivity index (χ1n) is 7.85. The topological polar surface area (TPSA) is 81.8 Å². The van der Waals surface area contributed by atoms with E-state index in [2.05, 4.69) is 4.99 Å². The lowest BCUT2D eigenvalue weighted by molar-refractivity contribution is 0.327. The van der Waals surface area contributed by atoms with Crippen LogP contribution in [0.1, 0.15) is 17.0 Å². The van der Waals surface area contributed by atoms with Crippen molar-refractivity contribution in [1.82, 2.24) is 0 Å². The number of aliphatic imine (C=N–C) groups is 1. The second-order valence-electron chi connectivity index (χ2n) is 5.68. The van der Waals surface area contributed by atoms with Gasteiger partial charge in [-0.15, -0.1) is 0 Å². The van der Waals surface area contributed by atoms with Gasteiger partial charge in [0.15, 0.2) is 9.84 Å². The summed E-state index contributed by atoms with van der Waals surface area (Å²) < 4.78 is 31.0. The molecule has 0 aliphatic carbocycles. The van der Waals surface area contributed by atoms with Crippen molar-refractivity contribution in [1.29, 1.82) is 0 Å². The van der Waals surface area contributed by atoms with E-state index >= 15 is 0 Å². The lowest BCUT2D eigenvalue weighted by Gasteiger charge is -2.23. The Hall–Kier alpha value is -2.18. The van der Waals surface area contributed by atoms with Crippen LogP contribution in [0.25, 0.3) is 0 Å². The third-order valence-corrected chi connectivity index (χ3v) is 5.82. The second kappa shape index (κ2) is 7.15. The van der Waals surface area contributed by atoms with Gasteiger partial charge in [-0.3, -0.25) is 4.99 Å². The van der Waals surface area contributed by atoms with Gasteiger partial charge in [0.1, 0.15) is 12.4 Å². The van der Waals surface area contributed by atoms with Gasteiger partial charge in [-0.05, 0) is 23.8 Å². The summed E-state index contributed by atoms with van der Waals surface area (Å²) in [6.07, 6.45) is 1.76. The van der Waals surface area contributed by atoms with Crippen LogP contribution >= 0.6 is 0 Å². The summed E-state index contributed by atoms with van der Waals surface area (Å²) in [6, 6.07) is 14.2. The molecule has 2 aromatic rings. The molecule has 0 aromatic heterocycles. The highest BCUT2D eigenvalue weighted by Crippen LogP contribution is 2.32. The zero-order chi connectivity index (χ0) is 17.0. The highest BCUT2D eigenvalue weighted by molar-refractivity contribution is 7.91. The molecule has 1 unspecified atom stereocenters. The van der Waals surface area contributed by atoms with Crippen LogP contribution in [-0.2, 0) is 9.84 Å². The number of hydrogen-bond donors (Lipinski definition) is 1. The van der Waals surface area contributed by atoms with Crippen molar-refractivity contribution in [3.8, 4) is 5.75 Å². The van der Waals surface area contributed by atoms with Crippen LogP contribution in [0.4, 0.5) is 0 Å². The number of benzene rings is 2. The van der Waals surface area contributed by atoms with Crippen molar-refractivity contribution >= 4 is 16.1 Å². The maximum atomic E-state index is 12.7. The SMILES string of the molecule is NCCOc1cccc2c1C=NCC2CS(=O)(=O)c1ccccc1. The summed E-state index contributed by atoms with van der Waals surface area (Å²) in [4.78, 5) is 4.69. The van der Waals surface area contributed by atoms with Crippen LogP contribution in [0.15, 0.2) is 58.4 Å². The number of rotatable bonds is 6. The van der Waals surface area contributed by atoms with Crippen LogP contribution in [0.3, 0.4) is 0 Å². The molecule has 0 fully saturated rings. The molecule has 6 heteroatoms. The molecule has 1 heterocycles. The Balaban J connectivity index is 1.89. The second-order valence-corrected chi connectivity index (χ2v) is 7.72. The molecular formula is C18H20N2O3S. The monoisotopic (exact) mass is 344 g/mol. The molecule has 5 nitrogen and oxygen atoms in total. The van der Waals surface area contributed by atoms with Gasteiger partial charge in [0, 0.05) is 30.8 Å². The van der Waals surface area contributed by atoms with E-state index in [-0.39, 0.29) is 11.7 Å². The normalized spacial score (nSPS) is 16.6. The van der Waals surface area contributed by atoms with Crippen molar-refractivity contribution in [2.75, 3.05) is 25.4 Å². The Morgan fingerprint density at radius 3 is 2.67 bits per heavy atom. The van der Waals surface area contributed by atoms with Crippen LogP contribution in [0.5, 0.6) is 5.75 Å². The maximum absolute atomic E-state index is 12.7. The van der Waals surface area contributed by atoms with Gasteiger partial charge in [-0.1, -0.05) is 30.3 Å². The first-order valence-corrected chi connectivity index (χ1v) is 9.50. The number of fused-ring (bicyclic) bond motifs is 1. The summed E-state index contributed by atoms with van der Waals surface area (Å²) in [5, 5.41) is 0. The molecule has 1 aliphatic heterocycles. The summed E-state index contributed by atoms with van der Waals surface area (Å²) >= 11 is 0. The summed E-state index contributed by atoms with van der Waals surface area (Å²) in [5.74, 6) is 0.543. The number of ether oxygens (including phenoxy) is 1. The standard InChI is InChI=1S/C18H20N2O3S/c19-9-10-23-18-8-4-7-16-14(11-20-12-17(16)18)13-24(21,22)15-5-2-1-3-6-15/h1-8,12,14H,9-11,13,19H2. The Morgan fingerprint density at radius 2 is 1.92 bits per heavy atom. The van der Waals surface area contributed by atoms with E-state index < -0.39 is 9.84 Å². The quantitative estimate of drug-likeness (QED) is 0.869. The molecular weight excluding hydrogens is 324 g/mol. The van der Waals surface area contributed by atoms with E-state index in [9.17, 15) is 8.42 Å². The minimum atomic E-state index is -3.37. The van der Waals surface area contributed by atoms with Gasteiger partial charge in [-0.2, -0.15) is 0 Å². The summed E-state index contributed by atoms with van der Waals surface area (Å²) in [5.41, 5.74) is 7.30. The molecule has 1 atom stereocenters. The first kappa shape index (κ1) is 16.7. The van der Waals surface area contributed by atoms with Crippen molar-refractivity contribution in [3.05, 3.63) is 59.7 Å². The molecule has 3 rings (SSSR count). The molecule has 1 aliphatic rings. The minimum Gasteiger partial charge on any atom is -0.492 e. The van der Waals surface area contributed by atoms with Gasteiger partial charge < -0.3 is 10.5 Å². The third kappa shape index (κ3) is 3.49. The van der Waals surface area contributed by atoms with E-state index in [0.29, 0.717) is 30.3 Å². The van der Waals surface area contributed by atoms with Crippen molar-refractivity contribution in [2.45, 2.75) is 10.8 Å². The fourth-order valence-electron chi connectivity index (χ4n) is 2.85. The van der Waals surface area contributed by atoms with Crippen LogP contribution < -0.4 is 10.5 Å². The molecule has 2 N–H and O–H groups in total. The molecule has 0 bridgehead atoms. The molecule has 0 saturated carbocycles. The lowest BCUT2D eigenvalue weighted by atomic mass is 9.93. The van der Waals surface area contributed by atoms with E-state index in [0.717, 1.165) is 11.1 Å². The van der Waals surface area contributed by atoms with E-state index in [1.807, 2.05) is 18.2 Å². The Morgan fingerprint density at radius 1 is 1.12 bits per heavy atom. The third-order valence-electron chi connectivity index (χ3n) is 3.98. The highest BCUT2D eigenvalue weighted by Gasteiger charge is 2.27. The van der Waals surface area contributed by atoms with Gasteiger partial charge in [0.05, 0.1) is 10.6 Å². The van der Waals surface area contributed by atoms with Crippen molar-refractivity contribution in [2.24, 2.45) is 10.7 Å². The Kier molecular flexibility index (Phi) is 4.97. The zero-order valence-electron chi connectivity index (χ0n) is 13.3. The first-order chi connectivity index (χ1) is 11.6. The van der Waals surface area contributed by atoms with Gasteiger partial charge in [-0.25, -0.2) is 8.42 Å². The predicted molar refractivity (Wildman–Crippen MR) is 94.7 cm³/mol. The predicted octanol–water partition coefficient (Wildman–Crippen LogP) is 2.01. The number of sulfone groups is 1. The average Bonchev–Trinajstić information content (AvgIpc) is 2.61. The van der Waals surface area contributed by atoms with Gasteiger partial charge in [0.25, 0.3) is 0 Å². The molecule has 24 heavy (non-hydrogen) atoms. The highest BCUT2D eigenvalue weighted by atomic mass is 32.2. The number of hydrogen-bond acceptors (Lipinski definition) is 5. The lowest BCUT2D eigenvalue weighted by Crippen LogP contribution is -2.22. The number of nitrogens with zero attached hydrogens (tertiary/aromatic N) is 1. The molecule has 0 amide bonds. The van der Waals surface area contributed by atoms with Crippen LogP contribution in [0.2, 0.25) is 0 Å². The van der Waals surface area contributed by atoms with Crippen LogP contribution in [0, 0.1) is 0 Å². The fraction of sp³-hybridized carbons (Fsp3) is 0.278. The fourth-order valence-corrected chi connectivity index (χ4v) is 4.43. The van der Waals surface area contributed by atoms with E-state index in [1.54, 1.807) is 36.5 Å². The van der Waals surface area contributed by atoms with Crippen molar-refractivity contribution in [3.63, 3.8) is 0 Å². The van der Waals surface area contributed by atoms with Crippen molar-refractivity contribution < 1.29 is 13.2 Å². The smallest absolute Gasteiger partial charge is 0.179 e. The zero-order valence-corrected chi connectivity index (χ0v) is 14.1. The maximum Gasteiger partial charge on any atom is 0.179 e. The average molecular weight is 344 g/mol. The Bertz CT molecular complexity index is 833. The molecule has 126 valence electrons. The van der Waals surface area contributed by atoms with E-state index in [4.69, 9.17) is 10.5 Å². The number of nitrogens with two attached hydrogens (primary N) is 1. The van der Waals surface area contributed by atoms with Crippen LogP contribution in [-0.4, -0.2) is 40.1 Å². The molecule has 0 radical (unpaired) electrons. The summed E-state index contributed by atoms with van der Waals surface area (Å²) in [7, 11) is -3.37. The minimum absolute atomic E-state index is 0.0295. The Labute approximate surface area is 142 Å². The van der Waals surface area contributed by atoms with Gasteiger partial charge >= 0.3 is 0 Å². The van der Waals surface area contributed by atoms with Gasteiger partial charge in [0.2, 0.25) is 0 Å². The molecule has 2 aromatic carbocycles. The largest absolute Gasteiger partial charge is 0.492 e. The summed E-state index contributed by atoms with van der Waals surface area (Å²) in [6.45, 7) is 1.29. The van der Waals surface area contributed by atoms with E-state index in [1.165, 1.54) is 0 Å². The molecule has 0 spiro atoms.